The number of anilines is 1. The highest BCUT2D eigenvalue weighted by Crippen LogP contribution is 2.23. The average Bonchev–Trinajstić information content (AvgIpc) is 2.82. The molecular formula is C14H23N3. The summed E-state index contributed by atoms with van der Waals surface area (Å²) in [7, 11) is 0. The van der Waals surface area contributed by atoms with E-state index in [2.05, 4.69) is 35.1 Å². The molecule has 0 spiro atoms. The molecule has 0 unspecified atom stereocenters. The second kappa shape index (κ2) is 6.01. The smallest absolute Gasteiger partial charge is 0.0598 e. The van der Waals surface area contributed by atoms with Crippen molar-refractivity contribution in [1.29, 1.82) is 0 Å². The molecule has 0 amide bonds. The number of rotatable bonds is 5. The monoisotopic (exact) mass is 233 g/mol. The van der Waals surface area contributed by atoms with Crippen molar-refractivity contribution in [3.63, 3.8) is 0 Å². The number of pyridine rings is 1. The lowest BCUT2D eigenvalue weighted by atomic mass is 10.2. The third-order valence-corrected chi connectivity index (χ3v) is 3.20. The predicted molar refractivity (Wildman–Crippen MR) is 72.2 cm³/mol. The van der Waals surface area contributed by atoms with Gasteiger partial charge in [-0.15, -0.1) is 0 Å². The van der Waals surface area contributed by atoms with Crippen LogP contribution in [-0.4, -0.2) is 24.6 Å². The molecule has 1 N–H and O–H groups in total. The molecule has 94 valence electrons. The van der Waals surface area contributed by atoms with Crippen LogP contribution in [0.15, 0.2) is 18.5 Å². The van der Waals surface area contributed by atoms with Crippen LogP contribution in [0.1, 0.15) is 32.3 Å². The van der Waals surface area contributed by atoms with Gasteiger partial charge in [-0.1, -0.05) is 13.8 Å². The van der Waals surface area contributed by atoms with Crippen molar-refractivity contribution in [2.75, 3.05) is 24.5 Å². The largest absolute Gasteiger partial charge is 0.370 e. The van der Waals surface area contributed by atoms with Crippen LogP contribution < -0.4 is 10.2 Å². The number of nitrogens with one attached hydrogen (secondary N) is 1. The minimum absolute atomic E-state index is 0.701. The number of nitrogens with zero attached hydrogens (tertiary/aromatic N) is 2. The highest BCUT2D eigenvalue weighted by Gasteiger charge is 2.15. The maximum atomic E-state index is 4.26. The number of hydrogen-bond acceptors (Lipinski definition) is 3. The molecule has 0 saturated carbocycles. The lowest BCUT2D eigenvalue weighted by Crippen LogP contribution is -2.23. The molecule has 1 fully saturated rings. The third kappa shape index (κ3) is 3.43. The Morgan fingerprint density at radius 3 is 2.82 bits per heavy atom. The van der Waals surface area contributed by atoms with Crippen molar-refractivity contribution in [2.24, 2.45) is 5.92 Å². The summed E-state index contributed by atoms with van der Waals surface area (Å²) < 4.78 is 0. The summed E-state index contributed by atoms with van der Waals surface area (Å²) in [6.45, 7) is 8.86. The Kier molecular flexibility index (Phi) is 4.37. The second-order valence-corrected chi connectivity index (χ2v) is 5.22. The van der Waals surface area contributed by atoms with Crippen LogP contribution >= 0.6 is 0 Å². The third-order valence-electron chi connectivity index (χ3n) is 3.20. The van der Waals surface area contributed by atoms with Gasteiger partial charge in [0.25, 0.3) is 0 Å². The van der Waals surface area contributed by atoms with E-state index >= 15 is 0 Å². The summed E-state index contributed by atoms with van der Waals surface area (Å²) in [5.41, 5.74) is 2.70. The summed E-state index contributed by atoms with van der Waals surface area (Å²) in [6.07, 6.45) is 6.53. The lowest BCUT2D eigenvalue weighted by Gasteiger charge is -2.21. The van der Waals surface area contributed by atoms with Gasteiger partial charge in [0.2, 0.25) is 0 Å². The lowest BCUT2D eigenvalue weighted by molar-refractivity contribution is 0.552. The van der Waals surface area contributed by atoms with Crippen molar-refractivity contribution < 1.29 is 0 Å². The summed E-state index contributed by atoms with van der Waals surface area (Å²) in [5, 5.41) is 3.51. The minimum atomic E-state index is 0.701. The molecule has 0 aromatic carbocycles. The molecule has 1 aliphatic heterocycles. The van der Waals surface area contributed by atoms with Crippen LogP contribution in [0.25, 0.3) is 0 Å². The van der Waals surface area contributed by atoms with E-state index in [0.29, 0.717) is 5.92 Å². The molecule has 2 heterocycles. The van der Waals surface area contributed by atoms with Gasteiger partial charge < -0.3 is 10.2 Å². The maximum absolute atomic E-state index is 4.26. The van der Waals surface area contributed by atoms with Gasteiger partial charge >= 0.3 is 0 Å². The van der Waals surface area contributed by atoms with Crippen molar-refractivity contribution >= 4 is 5.69 Å². The standard InChI is InChI=1S/C14H23N3/c1-12(2)9-16-10-13-5-6-15-11-14(13)17-7-3-4-8-17/h5-6,11-12,16H,3-4,7-10H2,1-2H3. The van der Waals surface area contributed by atoms with Crippen molar-refractivity contribution in [3.8, 4) is 0 Å². The van der Waals surface area contributed by atoms with Gasteiger partial charge in [-0.05, 0) is 36.9 Å². The second-order valence-electron chi connectivity index (χ2n) is 5.22. The molecule has 17 heavy (non-hydrogen) atoms. The van der Waals surface area contributed by atoms with Crippen molar-refractivity contribution in [1.82, 2.24) is 10.3 Å². The first-order valence-electron chi connectivity index (χ1n) is 6.66. The van der Waals surface area contributed by atoms with Gasteiger partial charge in [0.1, 0.15) is 0 Å². The van der Waals surface area contributed by atoms with Gasteiger partial charge in [0, 0.05) is 25.8 Å². The summed E-state index contributed by atoms with van der Waals surface area (Å²) >= 11 is 0. The molecule has 1 aromatic rings. The van der Waals surface area contributed by atoms with Crippen LogP contribution in [-0.2, 0) is 6.54 Å². The minimum Gasteiger partial charge on any atom is -0.370 e. The van der Waals surface area contributed by atoms with Crippen LogP contribution in [0.3, 0.4) is 0 Å². The summed E-state index contributed by atoms with van der Waals surface area (Å²) in [5.74, 6) is 0.701. The van der Waals surface area contributed by atoms with Gasteiger partial charge in [-0.25, -0.2) is 0 Å². The molecule has 1 aliphatic rings. The first kappa shape index (κ1) is 12.4. The van der Waals surface area contributed by atoms with Crippen molar-refractivity contribution in [3.05, 3.63) is 24.0 Å². The highest BCUT2D eigenvalue weighted by atomic mass is 15.2. The quantitative estimate of drug-likeness (QED) is 0.846. The Labute approximate surface area is 104 Å². The first-order valence-corrected chi connectivity index (χ1v) is 6.66. The maximum Gasteiger partial charge on any atom is 0.0598 e. The molecule has 0 aliphatic carbocycles. The Morgan fingerprint density at radius 1 is 1.35 bits per heavy atom. The molecule has 3 heteroatoms. The zero-order valence-corrected chi connectivity index (χ0v) is 10.9. The van der Waals surface area contributed by atoms with Crippen LogP contribution in [0.5, 0.6) is 0 Å². The van der Waals surface area contributed by atoms with E-state index in [1.807, 2.05) is 12.4 Å². The van der Waals surface area contributed by atoms with Gasteiger partial charge in [0.05, 0.1) is 11.9 Å². The Morgan fingerprint density at radius 2 is 2.12 bits per heavy atom. The molecule has 1 aromatic heterocycles. The van der Waals surface area contributed by atoms with Crippen LogP contribution in [0, 0.1) is 5.92 Å². The Balaban J connectivity index is 2.00. The number of aromatic nitrogens is 1. The van der Waals surface area contributed by atoms with Gasteiger partial charge in [-0.3, -0.25) is 4.98 Å². The van der Waals surface area contributed by atoms with Gasteiger partial charge in [0.15, 0.2) is 0 Å². The molecule has 1 saturated heterocycles. The summed E-state index contributed by atoms with van der Waals surface area (Å²) in [4.78, 5) is 6.72. The van der Waals surface area contributed by atoms with E-state index in [1.54, 1.807) is 0 Å². The Bertz CT molecular complexity index is 343. The fourth-order valence-electron chi connectivity index (χ4n) is 2.30. The van der Waals surface area contributed by atoms with Crippen LogP contribution in [0.4, 0.5) is 5.69 Å². The molecule has 2 rings (SSSR count). The van der Waals surface area contributed by atoms with Crippen LogP contribution in [0.2, 0.25) is 0 Å². The van der Waals surface area contributed by atoms with Gasteiger partial charge in [-0.2, -0.15) is 0 Å². The topological polar surface area (TPSA) is 28.2 Å². The summed E-state index contributed by atoms with van der Waals surface area (Å²) in [6, 6.07) is 2.14. The molecule has 3 nitrogen and oxygen atoms in total. The van der Waals surface area contributed by atoms with Crippen molar-refractivity contribution in [2.45, 2.75) is 33.2 Å². The fraction of sp³-hybridized carbons (Fsp3) is 0.643. The first-order chi connectivity index (χ1) is 8.27. The normalized spacial score (nSPS) is 15.8. The van der Waals surface area contributed by atoms with E-state index in [0.717, 1.165) is 13.1 Å². The van der Waals surface area contributed by atoms with E-state index in [9.17, 15) is 0 Å². The zero-order valence-electron chi connectivity index (χ0n) is 10.9. The predicted octanol–water partition coefficient (Wildman–Crippen LogP) is 2.43. The molecular weight excluding hydrogens is 210 g/mol. The van der Waals surface area contributed by atoms with E-state index < -0.39 is 0 Å². The molecule has 0 radical (unpaired) electrons. The molecule has 0 atom stereocenters. The average molecular weight is 233 g/mol. The van der Waals surface area contributed by atoms with E-state index in [4.69, 9.17) is 0 Å². The number of hydrogen-bond donors (Lipinski definition) is 1. The fourth-order valence-corrected chi connectivity index (χ4v) is 2.30. The highest BCUT2D eigenvalue weighted by molar-refractivity contribution is 5.52. The van der Waals surface area contributed by atoms with E-state index in [1.165, 1.54) is 37.2 Å². The van der Waals surface area contributed by atoms with E-state index in [-0.39, 0.29) is 0 Å². The zero-order chi connectivity index (χ0) is 12.1. The SMILES string of the molecule is CC(C)CNCc1ccncc1N1CCCC1. The molecule has 0 bridgehead atoms. The Hall–Kier alpha value is -1.09.